The summed E-state index contributed by atoms with van der Waals surface area (Å²) in [6.45, 7) is 0.138. The molecule has 1 aromatic heterocycles. The molecule has 0 N–H and O–H groups in total. The lowest BCUT2D eigenvalue weighted by Gasteiger charge is -2.16. The maximum atomic E-state index is 13.4. The van der Waals surface area contributed by atoms with Gasteiger partial charge in [-0.15, -0.1) is 0 Å². The van der Waals surface area contributed by atoms with Crippen LogP contribution in [0.2, 0.25) is 5.02 Å². The minimum Gasteiger partial charge on any atom is -0.479 e. The van der Waals surface area contributed by atoms with Crippen molar-refractivity contribution in [2.75, 3.05) is 0 Å². The van der Waals surface area contributed by atoms with Gasteiger partial charge in [-0.1, -0.05) is 23.7 Å². The maximum Gasteiger partial charge on any atom is 0.347 e. The topological polar surface area (TPSA) is 53.4 Å². The standard InChI is InChI=1S/C19H17ClF2N2O3/c1-11-9-13(20)7-8-16(11)27-12(2)18(25)26-10-17-23-14-5-3-4-6-15(14)24(17)19(21)22/h3-9,12,19H,10H2,1-2H3. The zero-order chi connectivity index (χ0) is 19.6. The molecule has 0 amide bonds. The van der Waals surface area contributed by atoms with Crippen LogP contribution in [0.1, 0.15) is 24.9 Å². The lowest BCUT2D eigenvalue weighted by atomic mass is 10.2. The van der Waals surface area contributed by atoms with E-state index in [0.29, 0.717) is 16.3 Å². The van der Waals surface area contributed by atoms with Crippen LogP contribution in [0, 0.1) is 6.92 Å². The molecular formula is C19H17ClF2N2O3. The minimum atomic E-state index is -2.79. The summed E-state index contributed by atoms with van der Waals surface area (Å²) in [6, 6.07) is 11.5. The molecular weight excluding hydrogens is 378 g/mol. The van der Waals surface area contributed by atoms with Gasteiger partial charge in [0.05, 0.1) is 11.0 Å². The molecule has 0 radical (unpaired) electrons. The van der Waals surface area contributed by atoms with Gasteiger partial charge in [-0.25, -0.2) is 9.78 Å². The number of alkyl halides is 2. The summed E-state index contributed by atoms with van der Waals surface area (Å²) in [5.74, 6) is -0.227. The summed E-state index contributed by atoms with van der Waals surface area (Å²) in [7, 11) is 0. The van der Waals surface area contributed by atoms with E-state index in [1.807, 2.05) is 0 Å². The number of benzene rings is 2. The first-order valence-electron chi connectivity index (χ1n) is 8.20. The van der Waals surface area contributed by atoms with Gasteiger partial charge in [0, 0.05) is 5.02 Å². The molecule has 0 aliphatic carbocycles. The number of aromatic nitrogens is 2. The first-order chi connectivity index (χ1) is 12.9. The average Bonchev–Trinajstić information content (AvgIpc) is 3.00. The second-order valence-electron chi connectivity index (χ2n) is 5.94. The number of aryl methyl sites for hydroxylation is 1. The minimum absolute atomic E-state index is 0.0329. The van der Waals surface area contributed by atoms with Crippen molar-refractivity contribution in [2.24, 2.45) is 0 Å². The maximum absolute atomic E-state index is 13.4. The molecule has 0 aliphatic rings. The lowest BCUT2D eigenvalue weighted by Crippen LogP contribution is -2.26. The van der Waals surface area contributed by atoms with E-state index in [-0.39, 0.29) is 17.9 Å². The van der Waals surface area contributed by atoms with Gasteiger partial charge >= 0.3 is 12.5 Å². The fourth-order valence-corrected chi connectivity index (χ4v) is 2.88. The fraction of sp³-hybridized carbons (Fsp3) is 0.263. The van der Waals surface area contributed by atoms with Crippen molar-refractivity contribution in [3.63, 3.8) is 0 Å². The van der Waals surface area contributed by atoms with Crippen LogP contribution in [0.15, 0.2) is 42.5 Å². The monoisotopic (exact) mass is 394 g/mol. The lowest BCUT2D eigenvalue weighted by molar-refractivity contribution is -0.153. The molecule has 0 bridgehead atoms. The highest BCUT2D eigenvalue weighted by molar-refractivity contribution is 6.30. The van der Waals surface area contributed by atoms with Crippen LogP contribution in [0.5, 0.6) is 5.75 Å². The third-order valence-corrected chi connectivity index (χ3v) is 4.22. The van der Waals surface area contributed by atoms with Crippen molar-refractivity contribution in [1.82, 2.24) is 9.55 Å². The van der Waals surface area contributed by atoms with Crippen molar-refractivity contribution >= 4 is 28.6 Å². The predicted octanol–water partition coefficient (Wildman–Crippen LogP) is 4.90. The van der Waals surface area contributed by atoms with Gasteiger partial charge in [0.15, 0.2) is 11.9 Å². The molecule has 2 aromatic carbocycles. The number of hydrogen-bond donors (Lipinski definition) is 0. The summed E-state index contributed by atoms with van der Waals surface area (Å²) in [6.07, 6.45) is -0.922. The number of esters is 1. The molecule has 3 aromatic rings. The number of para-hydroxylation sites is 2. The van der Waals surface area contributed by atoms with E-state index in [9.17, 15) is 13.6 Å². The zero-order valence-electron chi connectivity index (χ0n) is 14.7. The first-order valence-corrected chi connectivity index (χ1v) is 8.58. The van der Waals surface area contributed by atoms with Crippen molar-refractivity contribution in [1.29, 1.82) is 0 Å². The van der Waals surface area contributed by atoms with E-state index >= 15 is 0 Å². The first kappa shape index (κ1) is 19.1. The zero-order valence-corrected chi connectivity index (χ0v) is 15.4. The number of fused-ring (bicyclic) bond motifs is 1. The highest BCUT2D eigenvalue weighted by atomic mass is 35.5. The summed E-state index contributed by atoms with van der Waals surface area (Å²) >= 11 is 5.89. The highest BCUT2D eigenvalue weighted by Crippen LogP contribution is 2.25. The van der Waals surface area contributed by atoms with E-state index in [4.69, 9.17) is 21.1 Å². The van der Waals surface area contributed by atoms with Crippen molar-refractivity contribution in [2.45, 2.75) is 33.1 Å². The average molecular weight is 395 g/mol. The van der Waals surface area contributed by atoms with E-state index < -0.39 is 18.6 Å². The van der Waals surface area contributed by atoms with Gasteiger partial charge in [-0.05, 0) is 49.7 Å². The smallest absolute Gasteiger partial charge is 0.347 e. The van der Waals surface area contributed by atoms with Gasteiger partial charge in [0.2, 0.25) is 0 Å². The Morgan fingerprint density at radius 2 is 2.00 bits per heavy atom. The number of rotatable bonds is 6. The van der Waals surface area contributed by atoms with E-state index in [1.54, 1.807) is 43.3 Å². The number of imidazole rings is 1. The van der Waals surface area contributed by atoms with E-state index in [1.165, 1.54) is 13.0 Å². The SMILES string of the molecule is Cc1cc(Cl)ccc1OC(C)C(=O)OCc1nc2ccccc2n1C(F)F. The molecule has 0 aliphatic heterocycles. The van der Waals surface area contributed by atoms with Crippen molar-refractivity contribution < 1.29 is 23.0 Å². The van der Waals surface area contributed by atoms with Gasteiger partial charge < -0.3 is 9.47 Å². The summed E-state index contributed by atoms with van der Waals surface area (Å²) in [5, 5.41) is 0.556. The number of hydrogen-bond acceptors (Lipinski definition) is 4. The van der Waals surface area contributed by atoms with Crippen LogP contribution in [0.4, 0.5) is 8.78 Å². The number of carbonyl (C=O) groups excluding carboxylic acids is 1. The Balaban J connectivity index is 1.70. The second-order valence-corrected chi connectivity index (χ2v) is 6.38. The summed E-state index contributed by atoms with van der Waals surface area (Å²) in [4.78, 5) is 16.3. The quantitative estimate of drug-likeness (QED) is 0.558. The van der Waals surface area contributed by atoms with E-state index in [0.717, 1.165) is 10.1 Å². The number of ether oxygens (including phenoxy) is 2. The molecule has 1 atom stereocenters. The largest absolute Gasteiger partial charge is 0.479 e. The van der Waals surface area contributed by atoms with Gasteiger partial charge in [-0.2, -0.15) is 8.78 Å². The van der Waals surface area contributed by atoms with Gasteiger partial charge in [-0.3, -0.25) is 4.57 Å². The molecule has 0 saturated heterocycles. The van der Waals surface area contributed by atoms with Crippen LogP contribution in [0.25, 0.3) is 11.0 Å². The van der Waals surface area contributed by atoms with Crippen LogP contribution in [-0.4, -0.2) is 21.6 Å². The molecule has 1 unspecified atom stereocenters. The third kappa shape index (κ3) is 4.19. The molecule has 5 nitrogen and oxygen atoms in total. The number of carbonyl (C=O) groups is 1. The molecule has 0 saturated carbocycles. The van der Waals surface area contributed by atoms with Crippen LogP contribution in [-0.2, 0) is 16.1 Å². The number of nitrogens with zero attached hydrogens (tertiary/aromatic N) is 2. The van der Waals surface area contributed by atoms with Crippen LogP contribution >= 0.6 is 11.6 Å². The summed E-state index contributed by atoms with van der Waals surface area (Å²) < 4.78 is 38.2. The Bertz CT molecular complexity index is 975. The predicted molar refractivity (Wildman–Crippen MR) is 97.1 cm³/mol. The van der Waals surface area contributed by atoms with Crippen molar-refractivity contribution in [3.8, 4) is 5.75 Å². The van der Waals surface area contributed by atoms with Gasteiger partial charge in [0.25, 0.3) is 0 Å². The Labute approximate surface area is 159 Å². The Morgan fingerprint density at radius 3 is 2.70 bits per heavy atom. The molecule has 1 heterocycles. The Morgan fingerprint density at radius 1 is 1.26 bits per heavy atom. The molecule has 3 rings (SSSR count). The summed E-state index contributed by atoms with van der Waals surface area (Å²) in [5.41, 5.74) is 1.45. The molecule has 0 fully saturated rings. The molecule has 27 heavy (non-hydrogen) atoms. The van der Waals surface area contributed by atoms with Crippen molar-refractivity contribution in [3.05, 3.63) is 58.9 Å². The van der Waals surface area contributed by atoms with E-state index in [2.05, 4.69) is 4.98 Å². The fourth-order valence-electron chi connectivity index (χ4n) is 2.65. The molecule has 8 heteroatoms. The Kier molecular flexibility index (Phi) is 5.60. The van der Waals surface area contributed by atoms with Crippen LogP contribution < -0.4 is 4.74 Å². The highest BCUT2D eigenvalue weighted by Gasteiger charge is 2.21. The second kappa shape index (κ2) is 7.92. The normalized spacial score (nSPS) is 12.4. The van der Waals surface area contributed by atoms with Crippen LogP contribution in [0.3, 0.4) is 0 Å². The van der Waals surface area contributed by atoms with Gasteiger partial charge in [0.1, 0.15) is 12.4 Å². The Hall–Kier alpha value is -2.67. The third-order valence-electron chi connectivity index (χ3n) is 3.98. The molecule has 0 spiro atoms. The number of halogens is 3. The molecule has 142 valence electrons.